The highest BCUT2D eigenvalue weighted by Gasteiger charge is 2.45. The van der Waals surface area contributed by atoms with Crippen molar-refractivity contribution in [1.82, 2.24) is 9.21 Å². The molecule has 2 aliphatic heterocycles. The molecule has 0 N–H and O–H groups in total. The zero-order chi connectivity index (χ0) is 28.4. The minimum Gasteiger partial charge on any atom is -0.492 e. The van der Waals surface area contributed by atoms with E-state index >= 15 is 0 Å². The molecule has 2 saturated heterocycles. The first-order chi connectivity index (χ1) is 20.0. The molecule has 0 radical (unpaired) electrons. The van der Waals surface area contributed by atoms with Crippen LogP contribution in [0.4, 0.5) is 5.69 Å². The molecule has 2 atom stereocenters. The van der Waals surface area contributed by atoms with Crippen LogP contribution in [-0.2, 0) is 14.8 Å². The number of carbonyl (C=O) groups is 1. The summed E-state index contributed by atoms with van der Waals surface area (Å²) in [5.74, 6) is 0.211. The first-order valence-electron chi connectivity index (χ1n) is 14.2. The number of carbonyl (C=O) groups excluding carboxylic acids is 1. The van der Waals surface area contributed by atoms with E-state index in [-0.39, 0.29) is 29.8 Å². The highest BCUT2D eigenvalue weighted by molar-refractivity contribution is 7.89. The maximum Gasteiger partial charge on any atom is 0.243 e. The zero-order valence-electron chi connectivity index (χ0n) is 23.2. The maximum absolute atomic E-state index is 14.0. The predicted octanol–water partition coefficient (Wildman–Crippen LogP) is 4.99. The van der Waals surface area contributed by atoms with Crippen molar-refractivity contribution < 1.29 is 17.9 Å². The second kappa shape index (κ2) is 11.5. The first kappa shape index (κ1) is 27.3. The quantitative estimate of drug-likeness (QED) is 0.314. The Morgan fingerprint density at radius 3 is 2.24 bits per heavy atom. The van der Waals surface area contributed by atoms with E-state index in [4.69, 9.17) is 4.74 Å². The van der Waals surface area contributed by atoms with E-state index in [1.165, 1.54) is 4.31 Å². The minimum atomic E-state index is -3.78. The molecule has 2 fully saturated rings. The Morgan fingerprint density at radius 2 is 1.49 bits per heavy atom. The number of anilines is 1. The van der Waals surface area contributed by atoms with E-state index in [0.717, 1.165) is 27.8 Å². The van der Waals surface area contributed by atoms with Crippen LogP contribution in [0.25, 0.3) is 10.8 Å². The number of nitrogens with zero attached hydrogens (tertiary/aromatic N) is 3. The van der Waals surface area contributed by atoms with Gasteiger partial charge in [0, 0.05) is 45.2 Å². The Morgan fingerprint density at radius 1 is 0.805 bits per heavy atom. The Balaban J connectivity index is 1.23. The number of hydrogen-bond donors (Lipinski definition) is 0. The van der Waals surface area contributed by atoms with E-state index in [2.05, 4.69) is 11.0 Å². The third-order valence-corrected chi connectivity index (χ3v) is 10.1. The normalized spacial score (nSPS) is 19.9. The molecule has 4 aromatic carbocycles. The van der Waals surface area contributed by atoms with Gasteiger partial charge in [-0.3, -0.25) is 4.79 Å². The number of amides is 1. The highest BCUT2D eigenvalue weighted by atomic mass is 32.2. The number of rotatable bonds is 7. The van der Waals surface area contributed by atoms with Gasteiger partial charge in [0.25, 0.3) is 0 Å². The fraction of sp³-hybridized carbons (Fsp3) is 0.303. The standard InChI is InChI=1S/C33H35N3O4S/c1-2-40-32-15-9-8-14-31(32)34-18-20-35(21-19-34)33(37)30-24-36(23-29(30)26-11-4-3-5-12-26)41(38,39)28-17-16-25-10-6-7-13-27(25)22-28/h3-17,22,29-30H,2,18-21,23-24H2,1H3/t29-,30+/m0/s1. The minimum absolute atomic E-state index is 0.0211. The largest absolute Gasteiger partial charge is 0.492 e. The summed E-state index contributed by atoms with van der Waals surface area (Å²) in [7, 11) is -3.78. The number of ether oxygens (including phenoxy) is 1. The molecular formula is C33H35N3O4S. The molecule has 0 bridgehead atoms. The van der Waals surface area contributed by atoms with Crippen LogP contribution in [0.15, 0.2) is 102 Å². The van der Waals surface area contributed by atoms with Gasteiger partial charge in [-0.25, -0.2) is 8.42 Å². The lowest BCUT2D eigenvalue weighted by Gasteiger charge is -2.38. The van der Waals surface area contributed by atoms with Crippen LogP contribution in [-0.4, -0.2) is 69.4 Å². The van der Waals surface area contributed by atoms with Gasteiger partial charge in [-0.15, -0.1) is 0 Å². The molecule has 4 aromatic rings. The van der Waals surface area contributed by atoms with Crippen LogP contribution < -0.4 is 9.64 Å². The molecule has 7 nitrogen and oxygen atoms in total. The summed E-state index contributed by atoms with van der Waals surface area (Å²) >= 11 is 0. The molecule has 8 heteroatoms. The predicted molar refractivity (Wildman–Crippen MR) is 162 cm³/mol. The molecule has 212 valence electrons. The summed E-state index contributed by atoms with van der Waals surface area (Å²) in [6.45, 7) is 5.55. The summed E-state index contributed by atoms with van der Waals surface area (Å²) in [5, 5.41) is 1.87. The molecule has 1 amide bonds. The lowest BCUT2D eigenvalue weighted by atomic mass is 9.88. The number of para-hydroxylation sites is 2. The average molecular weight is 570 g/mol. The van der Waals surface area contributed by atoms with Crippen LogP contribution in [0.3, 0.4) is 0 Å². The van der Waals surface area contributed by atoms with E-state index in [9.17, 15) is 13.2 Å². The van der Waals surface area contributed by atoms with Gasteiger partial charge >= 0.3 is 0 Å². The third kappa shape index (κ3) is 5.42. The van der Waals surface area contributed by atoms with Crippen molar-refractivity contribution in [2.45, 2.75) is 17.7 Å². The van der Waals surface area contributed by atoms with Crippen LogP contribution in [0.5, 0.6) is 5.75 Å². The first-order valence-corrected chi connectivity index (χ1v) is 15.7. The Labute approximate surface area is 242 Å². The Hall–Kier alpha value is -3.88. The van der Waals surface area contributed by atoms with E-state index in [1.54, 1.807) is 12.1 Å². The molecule has 41 heavy (non-hydrogen) atoms. The average Bonchev–Trinajstić information content (AvgIpc) is 3.48. The van der Waals surface area contributed by atoms with Crippen molar-refractivity contribution in [3.63, 3.8) is 0 Å². The molecule has 0 unspecified atom stereocenters. The second-order valence-electron chi connectivity index (χ2n) is 10.7. The monoisotopic (exact) mass is 569 g/mol. The fourth-order valence-corrected chi connectivity index (χ4v) is 7.66. The van der Waals surface area contributed by atoms with Gasteiger partial charge in [0.15, 0.2) is 0 Å². The van der Waals surface area contributed by atoms with E-state index in [1.807, 2.05) is 90.7 Å². The molecule has 6 rings (SSSR count). The highest BCUT2D eigenvalue weighted by Crippen LogP contribution is 2.38. The number of sulfonamides is 1. The maximum atomic E-state index is 14.0. The van der Waals surface area contributed by atoms with Crippen LogP contribution in [0, 0.1) is 5.92 Å². The number of benzene rings is 4. The van der Waals surface area contributed by atoms with Gasteiger partial charge in [-0.05, 0) is 47.5 Å². The van der Waals surface area contributed by atoms with Gasteiger partial charge in [0.1, 0.15) is 5.75 Å². The SMILES string of the molecule is CCOc1ccccc1N1CCN(C(=O)[C@@H]2CN(S(=O)(=O)c3ccc4ccccc4c3)C[C@H]2c2ccccc2)CC1. The molecule has 0 aliphatic carbocycles. The summed E-state index contributed by atoms with van der Waals surface area (Å²) in [6, 6.07) is 30.8. The van der Waals surface area contributed by atoms with E-state index < -0.39 is 15.9 Å². The van der Waals surface area contributed by atoms with Gasteiger partial charge in [0.05, 0.1) is 23.1 Å². The number of fused-ring (bicyclic) bond motifs is 1. The second-order valence-corrected chi connectivity index (χ2v) is 12.6. The van der Waals surface area contributed by atoms with Gasteiger partial charge < -0.3 is 14.5 Å². The molecule has 2 heterocycles. The summed E-state index contributed by atoms with van der Waals surface area (Å²) in [5.41, 5.74) is 2.03. The lowest BCUT2D eigenvalue weighted by Crippen LogP contribution is -2.51. The summed E-state index contributed by atoms with van der Waals surface area (Å²) < 4.78 is 35.1. The molecule has 2 aliphatic rings. The van der Waals surface area contributed by atoms with E-state index in [0.29, 0.717) is 32.8 Å². The van der Waals surface area contributed by atoms with Gasteiger partial charge in [-0.1, -0.05) is 72.8 Å². The van der Waals surface area contributed by atoms with Gasteiger partial charge in [-0.2, -0.15) is 4.31 Å². The van der Waals surface area contributed by atoms with Crippen molar-refractivity contribution in [3.05, 3.63) is 103 Å². The Kier molecular flexibility index (Phi) is 7.69. The van der Waals surface area contributed by atoms with Crippen LogP contribution >= 0.6 is 0 Å². The van der Waals surface area contributed by atoms with Crippen molar-refractivity contribution in [1.29, 1.82) is 0 Å². The number of hydrogen-bond acceptors (Lipinski definition) is 5. The molecule has 0 spiro atoms. The molecule has 0 saturated carbocycles. The van der Waals surface area contributed by atoms with Crippen LogP contribution in [0.1, 0.15) is 18.4 Å². The van der Waals surface area contributed by atoms with Crippen LogP contribution in [0.2, 0.25) is 0 Å². The Bertz CT molecular complexity index is 1630. The summed E-state index contributed by atoms with van der Waals surface area (Å²) in [6.07, 6.45) is 0. The third-order valence-electron chi connectivity index (χ3n) is 8.29. The summed E-state index contributed by atoms with van der Waals surface area (Å²) in [4.78, 5) is 18.5. The number of piperazine rings is 1. The van der Waals surface area contributed by atoms with Crippen molar-refractivity contribution in [3.8, 4) is 5.75 Å². The molecular weight excluding hydrogens is 534 g/mol. The smallest absolute Gasteiger partial charge is 0.243 e. The van der Waals surface area contributed by atoms with Gasteiger partial charge in [0.2, 0.25) is 15.9 Å². The zero-order valence-corrected chi connectivity index (χ0v) is 24.0. The van der Waals surface area contributed by atoms with Crippen molar-refractivity contribution in [2.75, 3.05) is 50.8 Å². The lowest BCUT2D eigenvalue weighted by molar-refractivity contribution is -0.135. The topological polar surface area (TPSA) is 70.2 Å². The molecule has 0 aromatic heterocycles. The van der Waals surface area contributed by atoms with Crippen molar-refractivity contribution in [2.24, 2.45) is 5.92 Å². The fourth-order valence-electron chi connectivity index (χ4n) is 6.13. The van der Waals surface area contributed by atoms with Crippen molar-refractivity contribution >= 4 is 32.4 Å².